The van der Waals surface area contributed by atoms with E-state index in [0.717, 1.165) is 0 Å². The van der Waals surface area contributed by atoms with Crippen LogP contribution in [0.4, 0.5) is 4.79 Å². The fourth-order valence-electron chi connectivity index (χ4n) is 1.70. The lowest BCUT2D eigenvalue weighted by atomic mass is 9.95. The van der Waals surface area contributed by atoms with Crippen LogP contribution in [0.25, 0.3) is 0 Å². The fraction of sp³-hybridized carbons (Fsp3) is 0.824. The SMILES string of the molecule is CC(=O)NCCCS(=O)(=O)OCC(C)(C)CNC(=O)OC(C)OC(=O)C(C)C. The van der Waals surface area contributed by atoms with Crippen molar-refractivity contribution in [2.75, 3.05) is 25.4 Å². The largest absolute Gasteiger partial charge is 0.425 e. The highest BCUT2D eigenvalue weighted by atomic mass is 32.2. The number of carbonyl (C=O) groups excluding carboxylic acids is 3. The predicted molar refractivity (Wildman–Crippen MR) is 102 cm³/mol. The Hall–Kier alpha value is -1.88. The Kier molecular flexibility index (Phi) is 11.1. The van der Waals surface area contributed by atoms with Gasteiger partial charge in [0.05, 0.1) is 18.3 Å². The van der Waals surface area contributed by atoms with Crippen molar-refractivity contribution >= 4 is 28.1 Å². The zero-order valence-corrected chi connectivity index (χ0v) is 18.2. The molecule has 1 atom stereocenters. The summed E-state index contributed by atoms with van der Waals surface area (Å²) in [6, 6.07) is 0. The second kappa shape index (κ2) is 11.8. The molecule has 0 aromatic heterocycles. The Morgan fingerprint density at radius 2 is 1.64 bits per heavy atom. The van der Waals surface area contributed by atoms with E-state index in [1.807, 2.05) is 0 Å². The molecule has 0 heterocycles. The first kappa shape index (κ1) is 26.1. The molecule has 0 radical (unpaired) electrons. The second-order valence-electron chi connectivity index (χ2n) is 7.44. The Morgan fingerprint density at radius 1 is 1.04 bits per heavy atom. The van der Waals surface area contributed by atoms with Gasteiger partial charge in [0.25, 0.3) is 10.1 Å². The topological polar surface area (TPSA) is 137 Å². The van der Waals surface area contributed by atoms with Gasteiger partial charge in [0.2, 0.25) is 12.2 Å². The summed E-state index contributed by atoms with van der Waals surface area (Å²) in [6.07, 6.45) is -1.60. The summed E-state index contributed by atoms with van der Waals surface area (Å²) >= 11 is 0. The van der Waals surface area contributed by atoms with Crippen LogP contribution in [0.3, 0.4) is 0 Å². The molecule has 0 aromatic rings. The molecule has 11 heteroatoms. The van der Waals surface area contributed by atoms with Crippen molar-refractivity contribution < 1.29 is 36.5 Å². The minimum Gasteiger partial charge on any atom is -0.425 e. The maximum absolute atomic E-state index is 11.9. The summed E-state index contributed by atoms with van der Waals surface area (Å²) in [4.78, 5) is 33.9. The van der Waals surface area contributed by atoms with Crippen LogP contribution in [-0.4, -0.2) is 58.1 Å². The van der Waals surface area contributed by atoms with Crippen LogP contribution in [0, 0.1) is 11.3 Å². The van der Waals surface area contributed by atoms with E-state index in [2.05, 4.69) is 10.6 Å². The summed E-state index contributed by atoms with van der Waals surface area (Å²) in [5, 5.41) is 4.99. The molecule has 0 fully saturated rings. The highest BCUT2D eigenvalue weighted by molar-refractivity contribution is 7.86. The molecule has 2 N–H and O–H groups in total. The molecule has 164 valence electrons. The Morgan fingerprint density at radius 3 is 2.18 bits per heavy atom. The van der Waals surface area contributed by atoms with Crippen molar-refractivity contribution in [1.29, 1.82) is 0 Å². The monoisotopic (exact) mass is 424 g/mol. The van der Waals surface area contributed by atoms with Gasteiger partial charge in [-0.1, -0.05) is 27.7 Å². The zero-order valence-electron chi connectivity index (χ0n) is 17.4. The molecule has 0 saturated carbocycles. The molecule has 0 aliphatic heterocycles. The molecule has 2 amide bonds. The molecule has 0 bridgehead atoms. The molecular formula is C17H32N2O8S. The molecule has 0 aliphatic carbocycles. The summed E-state index contributed by atoms with van der Waals surface area (Å²) in [5.41, 5.74) is -0.693. The van der Waals surface area contributed by atoms with E-state index in [1.54, 1.807) is 27.7 Å². The molecule has 0 aromatic carbocycles. The highest BCUT2D eigenvalue weighted by Gasteiger charge is 2.24. The minimum atomic E-state index is -3.74. The maximum Gasteiger partial charge on any atom is 0.410 e. The third-order valence-corrected chi connectivity index (χ3v) is 4.58. The van der Waals surface area contributed by atoms with Crippen LogP contribution in [0.5, 0.6) is 0 Å². The standard InChI is InChI=1S/C17H32N2O8S/c1-12(2)15(21)26-14(4)27-16(22)19-10-17(5,6)11-25-28(23,24)9-7-8-18-13(3)20/h12,14H,7-11H2,1-6H3,(H,18,20)(H,19,22). The summed E-state index contributed by atoms with van der Waals surface area (Å²) in [6.45, 7) is 9.68. The van der Waals surface area contributed by atoms with Crippen LogP contribution < -0.4 is 10.6 Å². The van der Waals surface area contributed by atoms with Gasteiger partial charge in [0.1, 0.15) is 0 Å². The van der Waals surface area contributed by atoms with Gasteiger partial charge in [-0.3, -0.25) is 13.8 Å². The highest BCUT2D eigenvalue weighted by Crippen LogP contribution is 2.16. The number of esters is 1. The van der Waals surface area contributed by atoms with Gasteiger partial charge >= 0.3 is 12.1 Å². The molecule has 0 spiro atoms. The minimum absolute atomic E-state index is 0.0814. The predicted octanol–water partition coefficient (Wildman–Crippen LogP) is 1.16. The summed E-state index contributed by atoms with van der Waals surface area (Å²) in [5.74, 6) is -1.29. The smallest absolute Gasteiger partial charge is 0.410 e. The number of nitrogens with one attached hydrogen (secondary N) is 2. The number of carbonyl (C=O) groups is 3. The van der Waals surface area contributed by atoms with E-state index < -0.39 is 33.9 Å². The summed E-state index contributed by atoms with van der Waals surface area (Å²) < 4.78 is 38.6. The van der Waals surface area contributed by atoms with Crippen LogP contribution in [-0.2, 0) is 33.4 Å². The molecule has 10 nitrogen and oxygen atoms in total. The van der Waals surface area contributed by atoms with E-state index in [-0.39, 0.29) is 43.7 Å². The lowest BCUT2D eigenvalue weighted by Crippen LogP contribution is -2.39. The average Bonchev–Trinajstić information content (AvgIpc) is 2.55. The van der Waals surface area contributed by atoms with Gasteiger partial charge in [-0.25, -0.2) is 4.79 Å². The first-order chi connectivity index (χ1) is 12.7. The first-order valence-corrected chi connectivity index (χ1v) is 10.6. The van der Waals surface area contributed by atoms with Crippen LogP contribution in [0.1, 0.15) is 48.0 Å². The Bertz CT molecular complexity index is 631. The molecular weight excluding hydrogens is 392 g/mol. The molecule has 1 unspecified atom stereocenters. The van der Waals surface area contributed by atoms with Gasteiger partial charge in [0, 0.05) is 32.4 Å². The Labute approximate surface area is 166 Å². The number of amides is 2. The fourth-order valence-corrected chi connectivity index (χ4v) is 2.81. The van der Waals surface area contributed by atoms with Gasteiger partial charge in [-0.05, 0) is 6.42 Å². The number of ether oxygens (including phenoxy) is 2. The number of alkyl carbamates (subject to hydrolysis) is 1. The van der Waals surface area contributed by atoms with Crippen molar-refractivity contribution in [3.63, 3.8) is 0 Å². The van der Waals surface area contributed by atoms with Crippen molar-refractivity contribution in [3.05, 3.63) is 0 Å². The van der Waals surface area contributed by atoms with Gasteiger partial charge in [-0.2, -0.15) is 8.42 Å². The van der Waals surface area contributed by atoms with E-state index in [9.17, 15) is 22.8 Å². The van der Waals surface area contributed by atoms with Gasteiger partial charge in [0.15, 0.2) is 0 Å². The number of hydrogen-bond donors (Lipinski definition) is 2. The van der Waals surface area contributed by atoms with Crippen molar-refractivity contribution in [2.45, 2.75) is 54.3 Å². The van der Waals surface area contributed by atoms with E-state index in [4.69, 9.17) is 13.7 Å². The van der Waals surface area contributed by atoms with E-state index >= 15 is 0 Å². The lowest BCUT2D eigenvalue weighted by Gasteiger charge is -2.24. The van der Waals surface area contributed by atoms with E-state index in [0.29, 0.717) is 0 Å². The van der Waals surface area contributed by atoms with Crippen molar-refractivity contribution in [2.24, 2.45) is 11.3 Å². The lowest BCUT2D eigenvalue weighted by molar-refractivity contribution is -0.168. The third-order valence-electron chi connectivity index (χ3n) is 3.31. The summed E-state index contributed by atoms with van der Waals surface area (Å²) in [7, 11) is -3.74. The normalized spacial score (nSPS) is 13.0. The quantitative estimate of drug-likeness (QED) is 0.206. The molecule has 0 saturated heterocycles. The third kappa shape index (κ3) is 13.3. The van der Waals surface area contributed by atoms with E-state index in [1.165, 1.54) is 13.8 Å². The Balaban J connectivity index is 4.26. The molecule has 0 aliphatic rings. The number of hydrogen-bond acceptors (Lipinski definition) is 8. The van der Waals surface area contributed by atoms with Crippen molar-refractivity contribution in [1.82, 2.24) is 10.6 Å². The average molecular weight is 425 g/mol. The maximum atomic E-state index is 11.9. The van der Waals surface area contributed by atoms with Crippen molar-refractivity contribution in [3.8, 4) is 0 Å². The van der Waals surface area contributed by atoms with Gasteiger partial charge < -0.3 is 20.1 Å². The first-order valence-electron chi connectivity index (χ1n) is 9.00. The molecule has 0 rings (SSSR count). The van der Waals surface area contributed by atoms with Crippen LogP contribution >= 0.6 is 0 Å². The zero-order chi connectivity index (χ0) is 22.0. The van der Waals surface area contributed by atoms with Crippen LogP contribution in [0.15, 0.2) is 0 Å². The van der Waals surface area contributed by atoms with Gasteiger partial charge in [-0.15, -0.1) is 0 Å². The van der Waals surface area contributed by atoms with Crippen LogP contribution in [0.2, 0.25) is 0 Å². The second-order valence-corrected chi connectivity index (χ2v) is 9.20. The number of rotatable bonds is 12. The molecule has 28 heavy (non-hydrogen) atoms.